The van der Waals surface area contributed by atoms with Crippen LogP contribution in [0.2, 0.25) is 0 Å². The Morgan fingerprint density at radius 2 is 1.89 bits per heavy atom. The quantitative estimate of drug-likeness (QED) is 0.466. The molecule has 4 aromatic rings. The number of benzene rings is 1. The van der Waals surface area contributed by atoms with E-state index >= 15 is 0 Å². The zero-order chi connectivity index (χ0) is 12.1. The van der Waals surface area contributed by atoms with Gasteiger partial charge in [0.05, 0.1) is 0 Å². The van der Waals surface area contributed by atoms with Crippen LogP contribution in [0, 0.1) is 6.92 Å². The van der Waals surface area contributed by atoms with Gasteiger partial charge in [0.1, 0.15) is 11.2 Å². The molecule has 3 nitrogen and oxygen atoms in total. The van der Waals surface area contributed by atoms with Crippen molar-refractivity contribution in [3.05, 3.63) is 54.4 Å². The molecule has 0 saturated heterocycles. The fourth-order valence-electron chi connectivity index (χ4n) is 2.54. The highest BCUT2D eigenvalue weighted by atomic mass is 15.1. The van der Waals surface area contributed by atoms with Crippen molar-refractivity contribution in [2.75, 3.05) is 0 Å². The van der Waals surface area contributed by atoms with Crippen LogP contribution in [0.25, 0.3) is 27.6 Å². The molecule has 0 atom stereocenters. The molecule has 0 radical (unpaired) electrons. The smallest absolute Gasteiger partial charge is 0.164 e. The Balaban J connectivity index is 2.38. The topological polar surface area (TPSA) is 30.2 Å². The van der Waals surface area contributed by atoms with E-state index in [4.69, 9.17) is 4.98 Å². The molecule has 0 N–H and O–H groups in total. The highest BCUT2D eigenvalue weighted by molar-refractivity contribution is 5.97. The van der Waals surface area contributed by atoms with Gasteiger partial charge in [0, 0.05) is 17.3 Å². The summed E-state index contributed by atoms with van der Waals surface area (Å²) in [6.07, 6.45) is 1.81. The van der Waals surface area contributed by atoms with Crippen LogP contribution < -0.4 is 0 Å². The van der Waals surface area contributed by atoms with E-state index in [9.17, 15) is 0 Å². The zero-order valence-corrected chi connectivity index (χ0v) is 9.96. The largest absolute Gasteiger partial charge is 0.281 e. The third-order valence-corrected chi connectivity index (χ3v) is 3.33. The minimum atomic E-state index is 0.927. The molecule has 0 amide bonds. The van der Waals surface area contributed by atoms with Crippen LogP contribution in [0.1, 0.15) is 5.69 Å². The summed E-state index contributed by atoms with van der Waals surface area (Å²) in [5.74, 6) is 0. The number of hydrogen-bond donors (Lipinski definition) is 0. The van der Waals surface area contributed by atoms with Crippen molar-refractivity contribution in [3.8, 4) is 0 Å². The average molecular weight is 233 g/mol. The molecule has 0 spiro atoms. The lowest BCUT2D eigenvalue weighted by Gasteiger charge is -2.04. The average Bonchev–Trinajstić information content (AvgIpc) is 2.79. The number of pyridine rings is 2. The third kappa shape index (κ3) is 1.13. The first-order valence-electron chi connectivity index (χ1n) is 5.96. The first kappa shape index (κ1) is 9.59. The van der Waals surface area contributed by atoms with Crippen LogP contribution in [0.4, 0.5) is 0 Å². The molecule has 0 aliphatic heterocycles. The first-order valence-corrected chi connectivity index (χ1v) is 5.96. The van der Waals surface area contributed by atoms with Crippen LogP contribution in [-0.4, -0.2) is 14.4 Å². The van der Waals surface area contributed by atoms with Crippen molar-refractivity contribution in [3.63, 3.8) is 0 Å². The summed E-state index contributed by atoms with van der Waals surface area (Å²) in [6, 6.07) is 14.4. The first-order chi connectivity index (χ1) is 8.84. The van der Waals surface area contributed by atoms with Gasteiger partial charge in [0.25, 0.3) is 0 Å². The molecular formula is C15H11N3. The normalized spacial score (nSPS) is 11.6. The van der Waals surface area contributed by atoms with E-state index < -0.39 is 0 Å². The second-order valence-corrected chi connectivity index (χ2v) is 4.49. The highest BCUT2D eigenvalue weighted by Gasteiger charge is 2.10. The van der Waals surface area contributed by atoms with E-state index in [1.807, 2.05) is 24.4 Å². The summed E-state index contributed by atoms with van der Waals surface area (Å²) >= 11 is 0. The van der Waals surface area contributed by atoms with Gasteiger partial charge in [-0.15, -0.1) is 0 Å². The predicted octanol–water partition coefficient (Wildman–Crippen LogP) is 3.34. The number of imidazole rings is 1. The molecule has 3 aromatic heterocycles. The molecule has 3 heterocycles. The van der Waals surface area contributed by atoms with Gasteiger partial charge in [-0.25, -0.2) is 9.97 Å². The van der Waals surface area contributed by atoms with Crippen molar-refractivity contribution in [1.82, 2.24) is 14.4 Å². The van der Waals surface area contributed by atoms with Crippen LogP contribution >= 0.6 is 0 Å². The molecule has 86 valence electrons. The zero-order valence-electron chi connectivity index (χ0n) is 9.96. The van der Waals surface area contributed by atoms with Crippen molar-refractivity contribution in [2.45, 2.75) is 6.92 Å². The Kier molecular flexibility index (Phi) is 1.75. The lowest BCUT2D eigenvalue weighted by Crippen LogP contribution is -1.93. The summed E-state index contributed by atoms with van der Waals surface area (Å²) in [7, 11) is 0. The third-order valence-electron chi connectivity index (χ3n) is 3.33. The SMILES string of the molecule is Cc1cc2ccccc2c2nc3cccnc3n12. The highest BCUT2D eigenvalue weighted by Crippen LogP contribution is 2.24. The maximum Gasteiger partial charge on any atom is 0.164 e. The van der Waals surface area contributed by atoms with E-state index in [-0.39, 0.29) is 0 Å². The number of aryl methyl sites for hydroxylation is 1. The lowest BCUT2D eigenvalue weighted by molar-refractivity contribution is 1.11. The second kappa shape index (κ2) is 3.29. The Hall–Kier alpha value is -2.42. The van der Waals surface area contributed by atoms with Gasteiger partial charge in [0.2, 0.25) is 0 Å². The van der Waals surface area contributed by atoms with E-state index in [2.05, 4.69) is 40.6 Å². The molecule has 0 fully saturated rings. The van der Waals surface area contributed by atoms with Crippen LogP contribution in [0.5, 0.6) is 0 Å². The van der Waals surface area contributed by atoms with E-state index in [1.165, 1.54) is 10.8 Å². The summed E-state index contributed by atoms with van der Waals surface area (Å²) < 4.78 is 2.12. The minimum Gasteiger partial charge on any atom is -0.281 e. The molecule has 3 heteroatoms. The Bertz CT molecular complexity index is 890. The molecule has 18 heavy (non-hydrogen) atoms. The van der Waals surface area contributed by atoms with Crippen LogP contribution in [0.15, 0.2) is 48.7 Å². The number of aromatic nitrogens is 3. The maximum absolute atomic E-state index is 4.70. The van der Waals surface area contributed by atoms with E-state index in [1.54, 1.807) is 0 Å². The van der Waals surface area contributed by atoms with Gasteiger partial charge >= 0.3 is 0 Å². The Morgan fingerprint density at radius 1 is 1.00 bits per heavy atom. The molecule has 0 aliphatic rings. The summed E-state index contributed by atoms with van der Waals surface area (Å²) in [4.78, 5) is 9.14. The summed E-state index contributed by atoms with van der Waals surface area (Å²) in [5, 5.41) is 2.39. The molecule has 0 aliphatic carbocycles. The fourth-order valence-corrected chi connectivity index (χ4v) is 2.54. The van der Waals surface area contributed by atoms with Gasteiger partial charge < -0.3 is 0 Å². The van der Waals surface area contributed by atoms with Gasteiger partial charge in [-0.1, -0.05) is 24.3 Å². The van der Waals surface area contributed by atoms with Crippen LogP contribution in [0.3, 0.4) is 0 Å². The molecule has 0 saturated carbocycles. The van der Waals surface area contributed by atoms with Crippen molar-refractivity contribution >= 4 is 27.6 Å². The summed E-state index contributed by atoms with van der Waals surface area (Å²) in [6.45, 7) is 2.09. The van der Waals surface area contributed by atoms with E-state index in [0.717, 1.165) is 22.5 Å². The van der Waals surface area contributed by atoms with Gasteiger partial charge in [-0.2, -0.15) is 0 Å². The molecule has 0 bridgehead atoms. The number of fused-ring (bicyclic) bond motifs is 5. The fraction of sp³-hybridized carbons (Fsp3) is 0.0667. The Labute approximate surface area is 104 Å². The maximum atomic E-state index is 4.70. The van der Waals surface area contributed by atoms with E-state index in [0.29, 0.717) is 0 Å². The Morgan fingerprint density at radius 3 is 2.83 bits per heavy atom. The standard InChI is InChI=1S/C15H11N3/c1-10-9-11-5-2-3-6-12(11)14-17-13-7-4-8-16-15(13)18(10)14/h2-9H,1H3. The predicted molar refractivity (Wildman–Crippen MR) is 72.7 cm³/mol. The molecule has 0 unspecified atom stereocenters. The van der Waals surface area contributed by atoms with Crippen molar-refractivity contribution < 1.29 is 0 Å². The second-order valence-electron chi connectivity index (χ2n) is 4.49. The molecule has 1 aromatic carbocycles. The summed E-state index contributed by atoms with van der Waals surface area (Å²) in [5.41, 5.74) is 4.01. The number of rotatable bonds is 0. The van der Waals surface area contributed by atoms with Gasteiger partial charge in [0.15, 0.2) is 5.65 Å². The number of hydrogen-bond acceptors (Lipinski definition) is 2. The van der Waals surface area contributed by atoms with Gasteiger partial charge in [-0.3, -0.25) is 4.40 Å². The van der Waals surface area contributed by atoms with Crippen LogP contribution in [-0.2, 0) is 0 Å². The number of nitrogens with zero attached hydrogens (tertiary/aromatic N) is 3. The molecule has 4 rings (SSSR count). The van der Waals surface area contributed by atoms with Gasteiger partial charge in [-0.05, 0) is 30.5 Å². The van der Waals surface area contributed by atoms with Crippen molar-refractivity contribution in [1.29, 1.82) is 0 Å². The molecular weight excluding hydrogens is 222 g/mol. The minimum absolute atomic E-state index is 0.927. The monoisotopic (exact) mass is 233 g/mol. The lowest BCUT2D eigenvalue weighted by atomic mass is 10.1. The van der Waals surface area contributed by atoms with Crippen molar-refractivity contribution in [2.24, 2.45) is 0 Å².